The molecule has 0 radical (unpaired) electrons. The van der Waals surface area contributed by atoms with E-state index in [2.05, 4.69) is 42.7 Å². The summed E-state index contributed by atoms with van der Waals surface area (Å²) in [5.74, 6) is 0.967. The second-order valence-corrected chi connectivity index (χ2v) is 12.8. The number of carbonyl (C=O) groups is 1. The van der Waals surface area contributed by atoms with E-state index in [0.29, 0.717) is 11.1 Å². The maximum Gasteiger partial charge on any atom is 0.163 e. The van der Waals surface area contributed by atoms with Crippen molar-refractivity contribution in [1.82, 2.24) is 14.5 Å². The van der Waals surface area contributed by atoms with Crippen molar-refractivity contribution in [3.8, 4) is 21.7 Å². The van der Waals surface area contributed by atoms with Crippen LogP contribution in [-0.4, -0.2) is 25.9 Å². The second kappa shape index (κ2) is 10.2. The molecule has 0 bridgehead atoms. The van der Waals surface area contributed by atoms with Crippen molar-refractivity contribution in [2.45, 2.75) is 73.1 Å². The molecule has 3 aromatic carbocycles. The Morgan fingerprint density at radius 2 is 1.64 bits per heavy atom. The first-order valence-corrected chi connectivity index (χ1v) is 14.4. The first-order valence-electron chi connectivity index (χ1n) is 13.2. The lowest BCUT2D eigenvalue weighted by Gasteiger charge is -2.29. The molecule has 202 valence electrons. The number of hydrogen-bond donors (Lipinski definition) is 0. The largest absolute Gasteiger partial charge is 0.360 e. The quantitative estimate of drug-likeness (QED) is 0.208. The normalized spacial score (nSPS) is 13.1. The van der Waals surface area contributed by atoms with Crippen LogP contribution in [0.2, 0.25) is 5.02 Å². The summed E-state index contributed by atoms with van der Waals surface area (Å²) in [6, 6.07) is 16.5. The summed E-state index contributed by atoms with van der Waals surface area (Å²) in [6.07, 6.45) is -0.704. The minimum absolute atomic E-state index is 0.0334. The lowest BCUT2D eigenvalue weighted by Crippen LogP contribution is -2.27. The maximum atomic E-state index is 13.0. The summed E-state index contributed by atoms with van der Waals surface area (Å²) in [5.41, 5.74) is 7.29. The van der Waals surface area contributed by atoms with Crippen molar-refractivity contribution in [3.63, 3.8) is 0 Å². The number of imidazole rings is 1. The molecule has 5 nitrogen and oxygen atoms in total. The Morgan fingerprint density at radius 1 is 0.974 bits per heavy atom. The molecule has 0 aliphatic heterocycles. The lowest BCUT2D eigenvalue weighted by molar-refractivity contribution is -0.138. The molecule has 0 fully saturated rings. The molecule has 0 N–H and O–H groups in total. The van der Waals surface area contributed by atoms with Gasteiger partial charge in [0.25, 0.3) is 0 Å². The van der Waals surface area contributed by atoms with E-state index in [1.54, 1.807) is 18.3 Å². The average Bonchev–Trinajstić information content (AvgIpc) is 3.41. The highest BCUT2D eigenvalue weighted by atomic mass is 35.5. The van der Waals surface area contributed by atoms with Gasteiger partial charge in [-0.15, -0.1) is 11.3 Å². The maximum absolute atomic E-state index is 13.0. The number of ketones is 1. The number of aryl methyl sites for hydroxylation is 2. The summed E-state index contributed by atoms with van der Waals surface area (Å²) in [6.45, 7) is 15.9. The molecule has 7 heteroatoms. The van der Waals surface area contributed by atoms with Crippen molar-refractivity contribution >= 4 is 50.0 Å². The van der Waals surface area contributed by atoms with Gasteiger partial charge in [-0.2, -0.15) is 0 Å². The zero-order valence-electron chi connectivity index (χ0n) is 23.7. The molecule has 39 heavy (non-hydrogen) atoms. The lowest BCUT2D eigenvalue weighted by atomic mass is 9.90. The summed E-state index contributed by atoms with van der Waals surface area (Å²) < 4.78 is 9.64. The number of hydrogen-bond acceptors (Lipinski definition) is 5. The Labute approximate surface area is 238 Å². The van der Waals surface area contributed by atoms with E-state index in [9.17, 15) is 4.79 Å². The Balaban J connectivity index is 1.76. The van der Waals surface area contributed by atoms with Gasteiger partial charge in [0.1, 0.15) is 16.9 Å². The number of benzene rings is 3. The zero-order chi connectivity index (χ0) is 28.2. The minimum Gasteiger partial charge on any atom is -0.360 e. The molecule has 2 aromatic heterocycles. The monoisotopic (exact) mass is 559 g/mol. The summed E-state index contributed by atoms with van der Waals surface area (Å²) in [4.78, 5) is 22.9. The van der Waals surface area contributed by atoms with Gasteiger partial charge in [-0.05, 0) is 103 Å². The highest BCUT2D eigenvalue weighted by molar-refractivity contribution is 7.22. The van der Waals surface area contributed by atoms with Gasteiger partial charge >= 0.3 is 0 Å². The molecule has 0 saturated heterocycles. The number of fused-ring (bicyclic) bond motifs is 2. The first-order chi connectivity index (χ1) is 18.3. The van der Waals surface area contributed by atoms with Crippen molar-refractivity contribution in [3.05, 3.63) is 70.5 Å². The van der Waals surface area contributed by atoms with Gasteiger partial charge < -0.3 is 9.30 Å². The predicted octanol–water partition coefficient (Wildman–Crippen LogP) is 9.28. The smallest absolute Gasteiger partial charge is 0.163 e. The number of thiazole rings is 1. The Morgan fingerprint density at radius 3 is 2.26 bits per heavy atom. The Bertz CT molecular complexity index is 1710. The number of nitrogens with zero attached hydrogens (tertiary/aromatic N) is 3. The fraction of sp³-hybridized carbons (Fsp3) is 0.344. The molecular weight excluding hydrogens is 526 g/mol. The first kappa shape index (κ1) is 27.5. The Kier molecular flexibility index (Phi) is 7.17. The van der Waals surface area contributed by atoms with Crippen LogP contribution in [0, 0.1) is 13.8 Å². The highest BCUT2D eigenvalue weighted by Gasteiger charge is 2.30. The molecule has 5 rings (SSSR count). The van der Waals surface area contributed by atoms with Gasteiger partial charge in [0.05, 0.1) is 26.9 Å². The van der Waals surface area contributed by atoms with E-state index in [1.165, 1.54) is 0 Å². The van der Waals surface area contributed by atoms with E-state index < -0.39 is 11.7 Å². The molecule has 0 saturated carbocycles. The molecule has 0 aliphatic rings. The number of halogens is 1. The van der Waals surface area contributed by atoms with Gasteiger partial charge in [0, 0.05) is 27.8 Å². The highest BCUT2D eigenvalue weighted by Crippen LogP contribution is 2.44. The molecule has 5 aromatic rings. The van der Waals surface area contributed by atoms with E-state index in [0.717, 1.165) is 59.9 Å². The fourth-order valence-corrected chi connectivity index (χ4v) is 6.53. The van der Waals surface area contributed by atoms with Gasteiger partial charge in [0.15, 0.2) is 5.78 Å². The van der Waals surface area contributed by atoms with E-state index in [1.807, 2.05) is 58.9 Å². The molecular formula is C32H34ClN3O2S. The third-order valence-electron chi connectivity index (χ3n) is 6.79. The van der Waals surface area contributed by atoms with Crippen LogP contribution in [0.25, 0.3) is 42.9 Å². The number of rotatable bonds is 6. The van der Waals surface area contributed by atoms with E-state index in [4.69, 9.17) is 26.3 Å². The number of aromatic nitrogens is 3. The number of Topliss-reactive ketones (excluding diaryl/α,β-unsaturated/α-hetero) is 1. The predicted molar refractivity (Wildman–Crippen MR) is 163 cm³/mol. The molecule has 0 spiro atoms. The van der Waals surface area contributed by atoms with Crippen LogP contribution >= 0.6 is 22.9 Å². The van der Waals surface area contributed by atoms with Crippen LogP contribution in [0.5, 0.6) is 0 Å². The number of carbonyl (C=O) groups excluding carboxylic acids is 1. The summed E-state index contributed by atoms with van der Waals surface area (Å²) in [7, 11) is 0. The topological polar surface area (TPSA) is 57.0 Å². The zero-order valence-corrected chi connectivity index (χ0v) is 25.3. The molecule has 0 unspecified atom stereocenters. The molecule has 0 amide bonds. The van der Waals surface area contributed by atoms with E-state index >= 15 is 0 Å². The van der Waals surface area contributed by atoms with Crippen molar-refractivity contribution in [2.24, 2.45) is 0 Å². The second-order valence-electron chi connectivity index (χ2n) is 11.4. The van der Waals surface area contributed by atoms with Gasteiger partial charge in [-0.25, -0.2) is 9.97 Å². The van der Waals surface area contributed by atoms with Gasteiger partial charge in [0.2, 0.25) is 0 Å². The average molecular weight is 560 g/mol. The van der Waals surface area contributed by atoms with Gasteiger partial charge in [-0.1, -0.05) is 23.7 Å². The van der Waals surface area contributed by atoms with Crippen molar-refractivity contribution < 1.29 is 9.53 Å². The van der Waals surface area contributed by atoms with Crippen LogP contribution in [0.1, 0.15) is 70.6 Å². The number of ether oxygens (including phenoxy) is 1. The summed E-state index contributed by atoms with van der Waals surface area (Å²) >= 11 is 7.88. The molecule has 2 heterocycles. The third kappa shape index (κ3) is 5.25. The van der Waals surface area contributed by atoms with Crippen LogP contribution in [0.4, 0.5) is 0 Å². The SMILES string of the molecule is CC(=O)[C@@H](OC(C)(C)C)c1c(C)cc2nc(-c3ccc4c(c3)nc(C)n4C(C)C)sc2c1-c1ccc(Cl)cc1. The third-order valence-corrected chi connectivity index (χ3v) is 8.18. The van der Waals surface area contributed by atoms with Gasteiger partial charge in [-0.3, -0.25) is 4.79 Å². The van der Waals surface area contributed by atoms with Crippen LogP contribution in [0.3, 0.4) is 0 Å². The van der Waals surface area contributed by atoms with Crippen LogP contribution < -0.4 is 0 Å². The van der Waals surface area contributed by atoms with E-state index in [-0.39, 0.29) is 5.78 Å². The van der Waals surface area contributed by atoms with Crippen molar-refractivity contribution in [1.29, 1.82) is 0 Å². The summed E-state index contributed by atoms with van der Waals surface area (Å²) in [5, 5.41) is 1.57. The van der Waals surface area contributed by atoms with Crippen molar-refractivity contribution in [2.75, 3.05) is 0 Å². The van der Waals surface area contributed by atoms with Crippen LogP contribution in [0.15, 0.2) is 48.5 Å². The Hall–Kier alpha value is -3.06. The van der Waals surface area contributed by atoms with Crippen LogP contribution in [-0.2, 0) is 9.53 Å². The molecule has 1 atom stereocenters. The minimum atomic E-state index is -0.704. The standard InChI is InChI=1S/C32H34ClN3O2S/c1-17(2)36-20(5)34-24-16-22(11-14-26(24)36)31-35-25-15-18(3)27(29(19(4)37)38-32(6,7)8)28(30(25)39-31)21-9-12-23(33)13-10-21/h9-17,29H,1-8H3/t29-/m1/s1. The molecule has 0 aliphatic carbocycles. The fourth-order valence-electron chi connectivity index (χ4n) is 5.28.